The monoisotopic (exact) mass is 220 g/mol. The van der Waals surface area contributed by atoms with Crippen LogP contribution in [0.3, 0.4) is 0 Å². The van der Waals surface area contributed by atoms with Crippen molar-refractivity contribution in [3.8, 4) is 0 Å². The molecule has 0 aromatic heterocycles. The van der Waals surface area contributed by atoms with E-state index in [0.717, 1.165) is 5.56 Å². The SMILES string of the molecule is CNC(=O)C(CN)c1ccc(C(C)C)cc1. The molecule has 1 amide bonds. The molecule has 0 radical (unpaired) electrons. The number of carbonyl (C=O) groups excluding carboxylic acids is 1. The van der Waals surface area contributed by atoms with Gasteiger partial charge in [-0.2, -0.15) is 0 Å². The summed E-state index contributed by atoms with van der Waals surface area (Å²) in [5.41, 5.74) is 7.87. The standard InChI is InChI=1S/C13H20N2O/c1-9(2)10-4-6-11(7-5-10)12(8-14)13(16)15-3/h4-7,9,12H,8,14H2,1-3H3,(H,15,16). The van der Waals surface area contributed by atoms with E-state index in [1.54, 1.807) is 7.05 Å². The summed E-state index contributed by atoms with van der Waals surface area (Å²) in [5.74, 6) is 0.233. The lowest BCUT2D eigenvalue weighted by molar-refractivity contribution is -0.121. The van der Waals surface area contributed by atoms with Crippen molar-refractivity contribution >= 4 is 5.91 Å². The Morgan fingerprint density at radius 2 is 1.75 bits per heavy atom. The molecule has 88 valence electrons. The van der Waals surface area contributed by atoms with Gasteiger partial charge in [-0.1, -0.05) is 38.1 Å². The fourth-order valence-corrected chi connectivity index (χ4v) is 1.68. The maximum atomic E-state index is 11.6. The van der Waals surface area contributed by atoms with Crippen LogP contribution < -0.4 is 11.1 Å². The third-order valence-electron chi connectivity index (χ3n) is 2.80. The molecule has 0 saturated carbocycles. The molecule has 0 aliphatic rings. The molecule has 0 aliphatic carbocycles. The van der Waals surface area contributed by atoms with Crippen LogP contribution in [0.25, 0.3) is 0 Å². The van der Waals surface area contributed by atoms with Crippen molar-refractivity contribution in [2.24, 2.45) is 5.73 Å². The van der Waals surface area contributed by atoms with Crippen LogP contribution >= 0.6 is 0 Å². The van der Waals surface area contributed by atoms with E-state index in [2.05, 4.69) is 31.3 Å². The van der Waals surface area contributed by atoms with E-state index >= 15 is 0 Å². The molecule has 1 atom stereocenters. The largest absolute Gasteiger partial charge is 0.359 e. The number of rotatable bonds is 4. The van der Waals surface area contributed by atoms with Crippen molar-refractivity contribution in [1.29, 1.82) is 0 Å². The van der Waals surface area contributed by atoms with Gasteiger partial charge in [-0.15, -0.1) is 0 Å². The maximum Gasteiger partial charge on any atom is 0.228 e. The van der Waals surface area contributed by atoms with E-state index in [9.17, 15) is 4.79 Å². The fourth-order valence-electron chi connectivity index (χ4n) is 1.68. The Bertz CT molecular complexity index is 343. The van der Waals surface area contributed by atoms with Crippen LogP contribution in [0.1, 0.15) is 36.8 Å². The average molecular weight is 220 g/mol. The Morgan fingerprint density at radius 1 is 1.25 bits per heavy atom. The number of amides is 1. The number of likely N-dealkylation sites (N-methyl/N-ethyl adjacent to an activating group) is 1. The Kier molecular flexibility index (Phi) is 4.50. The quantitative estimate of drug-likeness (QED) is 0.809. The maximum absolute atomic E-state index is 11.6. The second-order valence-corrected chi connectivity index (χ2v) is 4.22. The first-order valence-corrected chi connectivity index (χ1v) is 5.61. The van der Waals surface area contributed by atoms with Crippen LogP contribution in [0.5, 0.6) is 0 Å². The second-order valence-electron chi connectivity index (χ2n) is 4.22. The van der Waals surface area contributed by atoms with Gasteiger partial charge in [0.25, 0.3) is 0 Å². The fraction of sp³-hybridized carbons (Fsp3) is 0.462. The molecular weight excluding hydrogens is 200 g/mol. The summed E-state index contributed by atoms with van der Waals surface area (Å²) in [6, 6.07) is 8.10. The molecular formula is C13H20N2O. The summed E-state index contributed by atoms with van der Waals surface area (Å²) in [6.07, 6.45) is 0. The zero-order valence-corrected chi connectivity index (χ0v) is 10.2. The number of nitrogens with one attached hydrogen (secondary N) is 1. The lowest BCUT2D eigenvalue weighted by Crippen LogP contribution is -2.30. The van der Waals surface area contributed by atoms with Gasteiger partial charge >= 0.3 is 0 Å². The molecule has 1 rings (SSSR count). The summed E-state index contributed by atoms with van der Waals surface area (Å²) in [7, 11) is 1.63. The highest BCUT2D eigenvalue weighted by atomic mass is 16.1. The van der Waals surface area contributed by atoms with E-state index < -0.39 is 0 Å². The third-order valence-corrected chi connectivity index (χ3v) is 2.80. The van der Waals surface area contributed by atoms with Gasteiger partial charge in [0.2, 0.25) is 5.91 Å². The molecule has 0 aliphatic heterocycles. The predicted octanol–water partition coefficient (Wildman–Crippen LogP) is 1.60. The second kappa shape index (κ2) is 5.66. The number of carbonyl (C=O) groups is 1. The van der Waals surface area contributed by atoms with Gasteiger partial charge in [0.15, 0.2) is 0 Å². The van der Waals surface area contributed by atoms with Crippen LogP contribution in [0.2, 0.25) is 0 Å². The molecule has 0 heterocycles. The molecule has 1 aromatic rings. The Balaban J connectivity index is 2.90. The van der Waals surface area contributed by atoms with Crippen molar-refractivity contribution < 1.29 is 4.79 Å². The number of benzene rings is 1. The average Bonchev–Trinajstić information content (AvgIpc) is 2.30. The summed E-state index contributed by atoms with van der Waals surface area (Å²) in [6.45, 7) is 4.63. The highest BCUT2D eigenvalue weighted by molar-refractivity contribution is 5.83. The van der Waals surface area contributed by atoms with Gasteiger partial charge in [0.05, 0.1) is 5.92 Å². The van der Waals surface area contributed by atoms with Crippen LogP contribution in [-0.2, 0) is 4.79 Å². The van der Waals surface area contributed by atoms with Gasteiger partial charge < -0.3 is 11.1 Å². The number of hydrogen-bond donors (Lipinski definition) is 2. The summed E-state index contributed by atoms with van der Waals surface area (Å²) in [5, 5.41) is 2.63. The Labute approximate surface area is 97.0 Å². The van der Waals surface area contributed by atoms with Crippen LogP contribution in [0, 0.1) is 0 Å². The van der Waals surface area contributed by atoms with Crippen molar-refractivity contribution in [1.82, 2.24) is 5.32 Å². The smallest absolute Gasteiger partial charge is 0.228 e. The van der Waals surface area contributed by atoms with E-state index in [4.69, 9.17) is 5.73 Å². The highest BCUT2D eigenvalue weighted by Gasteiger charge is 2.17. The van der Waals surface area contributed by atoms with Crippen molar-refractivity contribution in [3.05, 3.63) is 35.4 Å². The molecule has 0 spiro atoms. The minimum atomic E-state index is -0.244. The van der Waals surface area contributed by atoms with Gasteiger partial charge in [-0.05, 0) is 17.0 Å². The van der Waals surface area contributed by atoms with E-state index in [0.29, 0.717) is 12.5 Å². The van der Waals surface area contributed by atoms with E-state index in [-0.39, 0.29) is 11.8 Å². The number of hydrogen-bond acceptors (Lipinski definition) is 2. The summed E-state index contributed by atoms with van der Waals surface area (Å²) >= 11 is 0. The Hall–Kier alpha value is -1.35. The Morgan fingerprint density at radius 3 is 2.12 bits per heavy atom. The van der Waals surface area contributed by atoms with Gasteiger partial charge in [0.1, 0.15) is 0 Å². The van der Waals surface area contributed by atoms with Crippen molar-refractivity contribution in [3.63, 3.8) is 0 Å². The molecule has 3 heteroatoms. The molecule has 0 bridgehead atoms. The highest BCUT2D eigenvalue weighted by Crippen LogP contribution is 2.19. The zero-order valence-electron chi connectivity index (χ0n) is 10.2. The summed E-state index contributed by atoms with van der Waals surface area (Å²) < 4.78 is 0. The first-order valence-electron chi connectivity index (χ1n) is 5.61. The predicted molar refractivity (Wildman–Crippen MR) is 66.4 cm³/mol. The van der Waals surface area contributed by atoms with Gasteiger partial charge in [-0.3, -0.25) is 4.79 Å². The van der Waals surface area contributed by atoms with E-state index in [1.807, 2.05) is 12.1 Å². The first kappa shape index (κ1) is 12.7. The third kappa shape index (κ3) is 2.83. The molecule has 1 aromatic carbocycles. The molecule has 3 nitrogen and oxygen atoms in total. The first-order chi connectivity index (χ1) is 7.60. The minimum Gasteiger partial charge on any atom is -0.359 e. The molecule has 16 heavy (non-hydrogen) atoms. The lowest BCUT2D eigenvalue weighted by Gasteiger charge is -2.14. The molecule has 3 N–H and O–H groups in total. The van der Waals surface area contributed by atoms with Crippen LogP contribution in [0.4, 0.5) is 0 Å². The minimum absolute atomic E-state index is 0.0280. The van der Waals surface area contributed by atoms with Crippen molar-refractivity contribution in [2.45, 2.75) is 25.7 Å². The zero-order chi connectivity index (χ0) is 12.1. The van der Waals surface area contributed by atoms with Crippen LogP contribution in [-0.4, -0.2) is 19.5 Å². The number of nitrogens with two attached hydrogens (primary N) is 1. The molecule has 0 saturated heterocycles. The topological polar surface area (TPSA) is 55.1 Å². The normalized spacial score (nSPS) is 12.6. The summed E-state index contributed by atoms with van der Waals surface area (Å²) in [4.78, 5) is 11.6. The molecule has 0 fully saturated rings. The lowest BCUT2D eigenvalue weighted by atomic mass is 9.94. The molecule has 1 unspecified atom stereocenters. The van der Waals surface area contributed by atoms with Crippen molar-refractivity contribution in [2.75, 3.05) is 13.6 Å². The van der Waals surface area contributed by atoms with Gasteiger partial charge in [0, 0.05) is 13.6 Å². The van der Waals surface area contributed by atoms with Crippen LogP contribution in [0.15, 0.2) is 24.3 Å². The van der Waals surface area contributed by atoms with Gasteiger partial charge in [-0.25, -0.2) is 0 Å². The van der Waals surface area contributed by atoms with E-state index in [1.165, 1.54) is 5.56 Å².